The highest BCUT2D eigenvalue weighted by atomic mass is 127. The van der Waals surface area contributed by atoms with Crippen molar-refractivity contribution in [1.82, 2.24) is 14.5 Å². The molecule has 3 aromatic rings. The van der Waals surface area contributed by atoms with Gasteiger partial charge in [0.05, 0.1) is 12.6 Å². The molecule has 1 unspecified atom stereocenters. The van der Waals surface area contributed by atoms with E-state index in [1.165, 1.54) is 6.07 Å². The molecule has 1 atom stereocenters. The zero-order valence-electron chi connectivity index (χ0n) is 15.3. The zero-order valence-corrected chi connectivity index (χ0v) is 18.4. The van der Waals surface area contributed by atoms with Gasteiger partial charge < -0.3 is 4.74 Å². The van der Waals surface area contributed by atoms with E-state index < -0.39 is 5.95 Å². The monoisotopic (exact) mass is 485 g/mol. The van der Waals surface area contributed by atoms with Crippen LogP contribution in [0.2, 0.25) is 0 Å². The Kier molecular flexibility index (Phi) is 7.97. The van der Waals surface area contributed by atoms with Crippen molar-refractivity contribution in [3.63, 3.8) is 0 Å². The quantitative estimate of drug-likeness (QED) is 0.237. The van der Waals surface area contributed by atoms with E-state index in [4.69, 9.17) is 4.74 Å². The van der Waals surface area contributed by atoms with E-state index in [0.29, 0.717) is 18.9 Å². The maximum atomic E-state index is 13.2. The van der Waals surface area contributed by atoms with Crippen LogP contribution in [0.4, 0.5) is 4.39 Å². The molecule has 3 heterocycles. The van der Waals surface area contributed by atoms with Gasteiger partial charge in [-0.25, -0.2) is 4.45 Å². The largest absolute Gasteiger partial charge is 0.472 e. The minimum atomic E-state index is -0.522. The highest BCUT2D eigenvalue weighted by molar-refractivity contribution is 14.2. The van der Waals surface area contributed by atoms with Gasteiger partial charge >= 0.3 is 0 Å². The fraction of sp³-hybridized carbons (Fsp3) is 0.263. The Morgan fingerprint density at radius 1 is 1.08 bits per heavy atom. The van der Waals surface area contributed by atoms with Crippen LogP contribution in [-0.4, -0.2) is 14.5 Å². The first-order chi connectivity index (χ1) is 12.7. The first-order valence-corrected chi connectivity index (χ1v) is 12.6. The summed E-state index contributed by atoms with van der Waals surface area (Å²) in [6, 6.07) is 9.25. The summed E-state index contributed by atoms with van der Waals surface area (Å²) in [5.41, 5.74) is 5.12. The second kappa shape index (κ2) is 9.97. The molecule has 4 rings (SSSR count). The summed E-state index contributed by atoms with van der Waals surface area (Å²) < 4.78 is 20.7. The maximum absolute atomic E-state index is 13.2. The average Bonchev–Trinajstić information content (AvgIpc) is 3.19. The standard InChI is InChI=1S/C15H10FIN3OP.2C2H6/c16-14-4-3-13-12-2-1-9(11-6-18-20(7-11)22-17)5-10(12)8-21-15(13)19-14;2*1-2/h1-7,22H,8H2;2*1-2H3. The van der Waals surface area contributed by atoms with E-state index in [9.17, 15) is 4.39 Å². The fourth-order valence-electron chi connectivity index (χ4n) is 2.55. The summed E-state index contributed by atoms with van der Waals surface area (Å²) in [5.74, 6) is -0.162. The molecule has 0 N–H and O–H groups in total. The first kappa shape index (κ1) is 20.8. The predicted octanol–water partition coefficient (Wildman–Crippen LogP) is 6.49. The van der Waals surface area contributed by atoms with Crippen molar-refractivity contribution in [3.05, 3.63) is 54.2 Å². The Labute approximate surface area is 168 Å². The molecule has 0 amide bonds. The number of fused-ring (bicyclic) bond motifs is 3. The van der Waals surface area contributed by atoms with Crippen molar-refractivity contribution in [3.8, 4) is 28.1 Å². The minimum absolute atomic E-state index is 0.360. The molecule has 2 aromatic heterocycles. The van der Waals surface area contributed by atoms with Gasteiger partial charge in [0.1, 0.15) is 6.61 Å². The van der Waals surface area contributed by atoms with Gasteiger partial charge in [0.25, 0.3) is 0 Å². The van der Waals surface area contributed by atoms with Crippen LogP contribution in [0.3, 0.4) is 0 Å². The van der Waals surface area contributed by atoms with Crippen LogP contribution in [0.25, 0.3) is 22.3 Å². The normalized spacial score (nSPS) is 11.5. The van der Waals surface area contributed by atoms with Gasteiger partial charge in [0.2, 0.25) is 11.8 Å². The molecule has 0 aliphatic carbocycles. The summed E-state index contributed by atoms with van der Waals surface area (Å²) in [6.45, 7) is 8.40. The molecule has 26 heavy (non-hydrogen) atoms. The molecule has 0 radical (unpaired) electrons. The number of hydrogen-bond donors (Lipinski definition) is 0. The number of ether oxygens (including phenoxy) is 1. The summed E-state index contributed by atoms with van der Waals surface area (Å²) in [4.78, 5) is 3.81. The van der Waals surface area contributed by atoms with Crippen LogP contribution in [0.5, 0.6) is 5.88 Å². The van der Waals surface area contributed by atoms with Crippen molar-refractivity contribution in [1.29, 1.82) is 0 Å². The Balaban J connectivity index is 0.000000570. The number of pyridine rings is 1. The second-order valence-corrected chi connectivity index (χ2v) is 6.98. The minimum Gasteiger partial charge on any atom is -0.472 e. The lowest BCUT2D eigenvalue weighted by Gasteiger charge is -2.20. The van der Waals surface area contributed by atoms with E-state index in [2.05, 4.69) is 44.3 Å². The molecule has 0 saturated heterocycles. The molecule has 138 valence electrons. The van der Waals surface area contributed by atoms with Crippen molar-refractivity contribution in [2.45, 2.75) is 34.3 Å². The fourth-order valence-corrected chi connectivity index (χ4v) is 3.63. The Hall–Kier alpha value is -1.53. The summed E-state index contributed by atoms with van der Waals surface area (Å²) in [7, 11) is 0. The predicted molar refractivity (Wildman–Crippen MR) is 116 cm³/mol. The highest BCUT2D eigenvalue weighted by Gasteiger charge is 2.19. The van der Waals surface area contributed by atoms with Crippen LogP contribution in [-0.2, 0) is 6.61 Å². The lowest BCUT2D eigenvalue weighted by atomic mass is 9.95. The molecular formula is C19H22FIN3OP. The Bertz CT molecular complexity index is 870. The molecule has 4 nitrogen and oxygen atoms in total. The third-order valence-electron chi connectivity index (χ3n) is 3.59. The molecule has 0 spiro atoms. The number of halogens is 2. The van der Waals surface area contributed by atoms with Crippen molar-refractivity contribution in [2.24, 2.45) is 0 Å². The van der Waals surface area contributed by atoms with Gasteiger partial charge in [0, 0.05) is 17.3 Å². The third kappa shape index (κ3) is 4.41. The van der Waals surface area contributed by atoms with Crippen LogP contribution in [0, 0.1) is 5.95 Å². The number of aromatic nitrogens is 3. The van der Waals surface area contributed by atoms with Crippen LogP contribution < -0.4 is 4.74 Å². The zero-order chi connectivity index (χ0) is 19.1. The number of hydrogen-bond acceptors (Lipinski definition) is 3. The molecule has 1 aromatic carbocycles. The third-order valence-corrected chi connectivity index (χ3v) is 5.49. The maximum Gasteiger partial charge on any atom is 0.224 e. The molecule has 1 aliphatic heterocycles. The summed E-state index contributed by atoms with van der Waals surface area (Å²) >= 11 is 2.29. The SMILES string of the molecule is CC.CC.Fc1ccc2c(n1)OCc1cc(-c3cnn(PI)c3)ccc1-2. The average molecular weight is 485 g/mol. The van der Waals surface area contributed by atoms with Gasteiger partial charge in [-0.05, 0) is 56.9 Å². The molecule has 1 aliphatic rings. The van der Waals surface area contributed by atoms with Crippen molar-refractivity contribution >= 4 is 28.4 Å². The first-order valence-electron chi connectivity index (χ1n) is 8.59. The molecule has 0 saturated carbocycles. The van der Waals surface area contributed by atoms with Crippen LogP contribution >= 0.6 is 28.4 Å². The number of benzene rings is 1. The number of rotatable bonds is 2. The van der Waals surface area contributed by atoms with Gasteiger partial charge in [-0.3, -0.25) is 0 Å². The van der Waals surface area contributed by atoms with Gasteiger partial charge in [-0.2, -0.15) is 14.5 Å². The number of nitrogens with zero attached hydrogens (tertiary/aromatic N) is 3. The van der Waals surface area contributed by atoms with Gasteiger partial charge in [-0.15, -0.1) is 0 Å². The molecule has 0 bridgehead atoms. The van der Waals surface area contributed by atoms with E-state index in [-0.39, 0.29) is 0 Å². The summed E-state index contributed by atoms with van der Waals surface area (Å²) in [6.07, 6.45) is 4.48. The molecular weight excluding hydrogens is 463 g/mol. The van der Waals surface area contributed by atoms with E-state index in [0.717, 1.165) is 27.8 Å². The van der Waals surface area contributed by atoms with E-state index in [1.807, 2.05) is 50.6 Å². The van der Waals surface area contributed by atoms with Crippen molar-refractivity contribution in [2.75, 3.05) is 0 Å². The van der Waals surface area contributed by atoms with E-state index in [1.54, 1.807) is 6.07 Å². The van der Waals surface area contributed by atoms with Gasteiger partial charge in [-0.1, -0.05) is 39.8 Å². The lowest BCUT2D eigenvalue weighted by molar-refractivity contribution is 0.285. The van der Waals surface area contributed by atoms with Crippen LogP contribution in [0.1, 0.15) is 33.3 Å². The Morgan fingerprint density at radius 2 is 1.81 bits per heavy atom. The van der Waals surface area contributed by atoms with E-state index >= 15 is 0 Å². The molecule has 0 fully saturated rings. The second-order valence-electron chi connectivity index (χ2n) is 4.91. The van der Waals surface area contributed by atoms with Gasteiger partial charge in [0.15, 0.2) is 0 Å². The molecule has 7 heteroatoms. The van der Waals surface area contributed by atoms with Crippen LogP contribution in [0.15, 0.2) is 42.7 Å². The summed E-state index contributed by atoms with van der Waals surface area (Å²) in [5, 5.41) is 4.31. The van der Waals surface area contributed by atoms with Crippen molar-refractivity contribution < 1.29 is 9.13 Å². The smallest absolute Gasteiger partial charge is 0.224 e. The Morgan fingerprint density at radius 3 is 2.50 bits per heavy atom. The highest BCUT2D eigenvalue weighted by Crippen LogP contribution is 2.38. The lowest BCUT2D eigenvalue weighted by Crippen LogP contribution is -2.07. The topological polar surface area (TPSA) is 39.9 Å².